The average Bonchev–Trinajstić information content (AvgIpc) is 2.42. The third kappa shape index (κ3) is 4.05. The first-order valence-electron chi connectivity index (χ1n) is 6.60. The molecule has 20 heavy (non-hydrogen) atoms. The Labute approximate surface area is 116 Å². The zero-order valence-electron chi connectivity index (χ0n) is 11.4. The molecule has 1 aromatic rings. The number of aliphatic hydroxyl groups is 1. The first-order valence-corrected chi connectivity index (χ1v) is 6.60. The Bertz CT molecular complexity index is 434. The summed E-state index contributed by atoms with van der Waals surface area (Å²) in [7, 11) is 1.48. The van der Waals surface area contributed by atoms with Gasteiger partial charge in [0.25, 0.3) is 0 Å². The minimum atomic E-state index is -2.86. The van der Waals surface area contributed by atoms with Gasteiger partial charge in [-0.15, -0.1) is 0 Å². The lowest BCUT2D eigenvalue weighted by Crippen LogP contribution is -2.35. The van der Waals surface area contributed by atoms with E-state index in [9.17, 15) is 13.9 Å². The van der Waals surface area contributed by atoms with Crippen molar-refractivity contribution in [2.75, 3.05) is 20.2 Å². The minimum absolute atomic E-state index is 0.144. The molecule has 0 bridgehead atoms. The number of halogens is 2. The lowest BCUT2D eigenvalue weighted by atomic mass is 10.1. The van der Waals surface area contributed by atoms with Crippen molar-refractivity contribution in [2.45, 2.75) is 32.1 Å². The number of hydrogen-bond donors (Lipinski definition) is 1. The molecule has 0 spiro atoms. The van der Waals surface area contributed by atoms with Crippen molar-refractivity contribution in [2.24, 2.45) is 0 Å². The van der Waals surface area contributed by atoms with Crippen LogP contribution in [0.15, 0.2) is 18.2 Å². The highest BCUT2D eigenvalue weighted by Crippen LogP contribution is 2.28. The maximum atomic E-state index is 12.5. The number of rotatable bonds is 5. The predicted octanol–water partition coefficient (Wildman–Crippen LogP) is 2.25. The van der Waals surface area contributed by atoms with E-state index in [4.69, 9.17) is 4.74 Å². The molecular formula is C14H19F2NO3. The van der Waals surface area contributed by atoms with Gasteiger partial charge in [0.1, 0.15) is 11.5 Å². The molecule has 0 atom stereocenters. The Balaban J connectivity index is 2.09. The van der Waals surface area contributed by atoms with Crippen LogP contribution in [0, 0.1) is 0 Å². The predicted molar refractivity (Wildman–Crippen MR) is 70.1 cm³/mol. The summed E-state index contributed by atoms with van der Waals surface area (Å²) in [6.07, 6.45) is 1.17. The molecule has 6 heteroatoms. The molecule has 112 valence electrons. The highest BCUT2D eigenvalue weighted by molar-refractivity contribution is 5.40. The summed E-state index contributed by atoms with van der Waals surface area (Å²) in [5.41, 5.74) is 0.697. The second-order valence-corrected chi connectivity index (χ2v) is 4.86. The molecule has 1 aliphatic rings. The van der Waals surface area contributed by atoms with Gasteiger partial charge in [0, 0.05) is 31.3 Å². The first-order chi connectivity index (χ1) is 9.58. The van der Waals surface area contributed by atoms with Gasteiger partial charge in [-0.25, -0.2) is 0 Å². The van der Waals surface area contributed by atoms with Gasteiger partial charge in [-0.05, 0) is 18.9 Å². The van der Waals surface area contributed by atoms with Crippen LogP contribution in [0.2, 0.25) is 0 Å². The van der Waals surface area contributed by atoms with Crippen molar-refractivity contribution in [1.82, 2.24) is 4.90 Å². The minimum Gasteiger partial charge on any atom is -0.497 e. The number of ether oxygens (including phenoxy) is 2. The molecule has 1 aromatic carbocycles. The fraction of sp³-hybridized carbons (Fsp3) is 0.571. The number of methoxy groups -OCH3 is 1. The summed E-state index contributed by atoms with van der Waals surface area (Å²) in [6, 6.07) is 4.94. The van der Waals surface area contributed by atoms with Crippen molar-refractivity contribution < 1.29 is 23.4 Å². The Morgan fingerprint density at radius 1 is 1.35 bits per heavy atom. The molecular weight excluding hydrogens is 268 g/mol. The summed E-state index contributed by atoms with van der Waals surface area (Å²) in [5.74, 6) is 0.629. The standard InChI is InChI=1S/C14H19F2NO3/c1-19-12-3-2-10(13(8-12)20-14(15)16)9-17-6-4-11(18)5-7-17/h2-3,8,11,14,18H,4-7,9H2,1H3. The Morgan fingerprint density at radius 3 is 2.65 bits per heavy atom. The fourth-order valence-corrected chi connectivity index (χ4v) is 2.32. The lowest BCUT2D eigenvalue weighted by molar-refractivity contribution is -0.0509. The van der Waals surface area contributed by atoms with Crippen molar-refractivity contribution >= 4 is 0 Å². The zero-order valence-corrected chi connectivity index (χ0v) is 11.4. The van der Waals surface area contributed by atoms with Gasteiger partial charge >= 0.3 is 6.61 Å². The van der Waals surface area contributed by atoms with Crippen LogP contribution in [0.3, 0.4) is 0 Å². The number of hydrogen-bond acceptors (Lipinski definition) is 4. The van der Waals surface area contributed by atoms with Crippen LogP contribution in [-0.2, 0) is 6.54 Å². The summed E-state index contributed by atoms with van der Waals surface area (Å²) < 4.78 is 34.5. The molecule has 1 N–H and O–H groups in total. The second-order valence-electron chi connectivity index (χ2n) is 4.86. The molecule has 1 heterocycles. The highest BCUT2D eigenvalue weighted by atomic mass is 19.3. The van der Waals surface area contributed by atoms with Gasteiger partial charge in [0.05, 0.1) is 13.2 Å². The smallest absolute Gasteiger partial charge is 0.387 e. The summed E-state index contributed by atoms with van der Waals surface area (Å²) in [4.78, 5) is 2.12. The molecule has 0 saturated carbocycles. The monoisotopic (exact) mass is 287 g/mol. The lowest BCUT2D eigenvalue weighted by Gasteiger charge is -2.30. The maximum Gasteiger partial charge on any atom is 0.387 e. The largest absolute Gasteiger partial charge is 0.497 e. The topological polar surface area (TPSA) is 41.9 Å². The number of likely N-dealkylation sites (tertiary alicyclic amines) is 1. The molecule has 0 unspecified atom stereocenters. The number of nitrogens with zero attached hydrogens (tertiary/aromatic N) is 1. The molecule has 4 nitrogen and oxygen atoms in total. The van der Waals surface area contributed by atoms with E-state index in [2.05, 4.69) is 9.64 Å². The van der Waals surface area contributed by atoms with E-state index in [-0.39, 0.29) is 11.9 Å². The van der Waals surface area contributed by atoms with Crippen LogP contribution >= 0.6 is 0 Å². The number of piperidine rings is 1. The van der Waals surface area contributed by atoms with Crippen LogP contribution in [-0.4, -0.2) is 42.9 Å². The van der Waals surface area contributed by atoms with Crippen LogP contribution in [0.25, 0.3) is 0 Å². The zero-order chi connectivity index (χ0) is 14.5. The Kier molecular flexibility index (Phi) is 5.14. The fourth-order valence-electron chi connectivity index (χ4n) is 2.32. The molecule has 0 amide bonds. The van der Waals surface area contributed by atoms with Gasteiger partial charge in [-0.2, -0.15) is 8.78 Å². The van der Waals surface area contributed by atoms with Gasteiger partial charge in [-0.3, -0.25) is 4.90 Å². The number of alkyl halides is 2. The highest BCUT2D eigenvalue weighted by Gasteiger charge is 2.19. The second kappa shape index (κ2) is 6.85. The normalized spacial score (nSPS) is 17.4. The molecule has 2 rings (SSSR count). The summed E-state index contributed by atoms with van der Waals surface area (Å²) >= 11 is 0. The third-order valence-corrected chi connectivity index (χ3v) is 3.44. The van der Waals surface area contributed by atoms with E-state index in [1.54, 1.807) is 12.1 Å². The molecule has 0 radical (unpaired) electrons. The summed E-state index contributed by atoms with van der Waals surface area (Å²) in [6.45, 7) is -0.828. The quantitative estimate of drug-likeness (QED) is 0.902. The number of aliphatic hydroxyl groups excluding tert-OH is 1. The molecule has 1 saturated heterocycles. The van der Waals surface area contributed by atoms with Crippen LogP contribution in [0.5, 0.6) is 11.5 Å². The summed E-state index contributed by atoms with van der Waals surface area (Å²) in [5, 5.41) is 9.47. The van der Waals surface area contributed by atoms with E-state index in [1.807, 2.05) is 0 Å². The molecule has 0 aliphatic carbocycles. The van der Waals surface area contributed by atoms with E-state index < -0.39 is 6.61 Å². The van der Waals surface area contributed by atoms with Crippen LogP contribution in [0.1, 0.15) is 18.4 Å². The van der Waals surface area contributed by atoms with Crippen molar-refractivity contribution in [3.8, 4) is 11.5 Å². The van der Waals surface area contributed by atoms with Crippen molar-refractivity contribution in [3.63, 3.8) is 0 Å². The van der Waals surface area contributed by atoms with Gasteiger partial charge in [0.2, 0.25) is 0 Å². The Hall–Kier alpha value is -1.40. The van der Waals surface area contributed by atoms with Gasteiger partial charge in [0.15, 0.2) is 0 Å². The van der Waals surface area contributed by atoms with E-state index >= 15 is 0 Å². The molecule has 1 aliphatic heterocycles. The van der Waals surface area contributed by atoms with E-state index in [1.165, 1.54) is 13.2 Å². The van der Waals surface area contributed by atoms with Crippen molar-refractivity contribution in [3.05, 3.63) is 23.8 Å². The van der Waals surface area contributed by atoms with Crippen LogP contribution < -0.4 is 9.47 Å². The first kappa shape index (κ1) is 15.0. The van der Waals surface area contributed by atoms with Gasteiger partial charge in [-0.1, -0.05) is 6.07 Å². The third-order valence-electron chi connectivity index (χ3n) is 3.44. The maximum absolute atomic E-state index is 12.5. The van der Waals surface area contributed by atoms with E-state index in [0.29, 0.717) is 30.7 Å². The average molecular weight is 287 g/mol. The van der Waals surface area contributed by atoms with E-state index in [0.717, 1.165) is 13.1 Å². The molecule has 0 aromatic heterocycles. The number of benzene rings is 1. The SMILES string of the molecule is COc1ccc(CN2CCC(O)CC2)c(OC(F)F)c1. The van der Waals surface area contributed by atoms with Crippen molar-refractivity contribution in [1.29, 1.82) is 0 Å². The van der Waals surface area contributed by atoms with Gasteiger partial charge < -0.3 is 14.6 Å². The van der Waals surface area contributed by atoms with Crippen LogP contribution in [0.4, 0.5) is 8.78 Å². The Morgan fingerprint density at radius 2 is 2.05 bits per heavy atom. The molecule has 1 fully saturated rings.